The van der Waals surface area contributed by atoms with Crippen LogP contribution < -0.4 is 11.1 Å². The van der Waals surface area contributed by atoms with Gasteiger partial charge in [0.05, 0.1) is 17.4 Å². The number of pyridine rings is 2. The summed E-state index contributed by atoms with van der Waals surface area (Å²) in [7, 11) is 0. The fourth-order valence-electron chi connectivity index (χ4n) is 1.18. The monoisotopic (exact) mass is 214 g/mol. The molecule has 5 heteroatoms. The van der Waals surface area contributed by atoms with Gasteiger partial charge in [-0.25, -0.2) is 4.98 Å². The first-order valence-corrected chi connectivity index (χ1v) is 4.68. The SMILES string of the molecule is Nc1ccc(NC(=O)c2cccnc2)cn1. The van der Waals surface area contributed by atoms with Crippen LogP contribution in [-0.2, 0) is 0 Å². The summed E-state index contributed by atoms with van der Waals surface area (Å²) in [4.78, 5) is 19.4. The lowest BCUT2D eigenvalue weighted by atomic mass is 10.2. The van der Waals surface area contributed by atoms with E-state index in [2.05, 4.69) is 15.3 Å². The van der Waals surface area contributed by atoms with E-state index in [1.54, 1.807) is 30.5 Å². The van der Waals surface area contributed by atoms with Crippen LogP contribution in [0.15, 0.2) is 42.9 Å². The van der Waals surface area contributed by atoms with Crippen LogP contribution in [0.1, 0.15) is 10.4 Å². The molecule has 3 N–H and O–H groups in total. The molecule has 5 nitrogen and oxygen atoms in total. The Hall–Kier alpha value is -2.43. The molecule has 0 atom stereocenters. The molecule has 2 aromatic heterocycles. The molecule has 2 rings (SSSR count). The molecule has 0 aliphatic carbocycles. The minimum Gasteiger partial charge on any atom is -0.384 e. The van der Waals surface area contributed by atoms with Crippen LogP contribution in [0, 0.1) is 0 Å². The van der Waals surface area contributed by atoms with Gasteiger partial charge >= 0.3 is 0 Å². The van der Waals surface area contributed by atoms with E-state index >= 15 is 0 Å². The molecular formula is C11H10N4O. The number of amides is 1. The first-order valence-electron chi connectivity index (χ1n) is 4.68. The molecule has 0 aromatic carbocycles. The first kappa shape index (κ1) is 10.1. The van der Waals surface area contributed by atoms with Crippen molar-refractivity contribution in [3.63, 3.8) is 0 Å². The first-order chi connectivity index (χ1) is 7.75. The number of nitrogens with one attached hydrogen (secondary N) is 1. The number of hydrogen-bond acceptors (Lipinski definition) is 4. The van der Waals surface area contributed by atoms with Gasteiger partial charge < -0.3 is 11.1 Å². The lowest BCUT2D eigenvalue weighted by molar-refractivity contribution is 0.102. The average molecular weight is 214 g/mol. The third-order valence-electron chi connectivity index (χ3n) is 1.97. The molecule has 0 saturated heterocycles. The maximum atomic E-state index is 11.7. The van der Waals surface area contributed by atoms with E-state index in [0.717, 1.165) is 0 Å². The van der Waals surface area contributed by atoms with E-state index in [0.29, 0.717) is 17.1 Å². The van der Waals surface area contributed by atoms with Crippen molar-refractivity contribution in [2.24, 2.45) is 0 Å². The van der Waals surface area contributed by atoms with Gasteiger partial charge in [0, 0.05) is 12.4 Å². The van der Waals surface area contributed by atoms with E-state index in [1.165, 1.54) is 12.4 Å². The Morgan fingerprint density at radius 1 is 1.25 bits per heavy atom. The average Bonchev–Trinajstić information content (AvgIpc) is 2.33. The van der Waals surface area contributed by atoms with E-state index in [-0.39, 0.29) is 5.91 Å². The van der Waals surface area contributed by atoms with Gasteiger partial charge in [0.2, 0.25) is 0 Å². The van der Waals surface area contributed by atoms with Crippen molar-refractivity contribution in [3.05, 3.63) is 48.4 Å². The minimum absolute atomic E-state index is 0.223. The molecular weight excluding hydrogens is 204 g/mol. The van der Waals surface area contributed by atoms with Gasteiger partial charge in [-0.15, -0.1) is 0 Å². The summed E-state index contributed by atoms with van der Waals surface area (Å²) in [6, 6.07) is 6.71. The van der Waals surface area contributed by atoms with Crippen molar-refractivity contribution in [1.29, 1.82) is 0 Å². The number of carbonyl (C=O) groups excluding carboxylic acids is 1. The largest absolute Gasteiger partial charge is 0.384 e. The number of anilines is 2. The molecule has 1 amide bonds. The van der Waals surface area contributed by atoms with Gasteiger partial charge in [-0.2, -0.15) is 0 Å². The maximum absolute atomic E-state index is 11.7. The van der Waals surface area contributed by atoms with Crippen molar-refractivity contribution in [3.8, 4) is 0 Å². The van der Waals surface area contributed by atoms with Crippen LogP contribution in [0.25, 0.3) is 0 Å². The molecule has 80 valence electrons. The number of hydrogen-bond donors (Lipinski definition) is 2. The summed E-state index contributed by atoms with van der Waals surface area (Å²) in [6.07, 6.45) is 4.62. The smallest absolute Gasteiger partial charge is 0.257 e. The van der Waals surface area contributed by atoms with Crippen LogP contribution in [0.4, 0.5) is 11.5 Å². The second-order valence-corrected chi connectivity index (χ2v) is 3.17. The molecule has 0 saturated carbocycles. The predicted molar refractivity (Wildman–Crippen MR) is 60.8 cm³/mol. The predicted octanol–water partition coefficient (Wildman–Crippen LogP) is 1.31. The lowest BCUT2D eigenvalue weighted by Crippen LogP contribution is -2.12. The second-order valence-electron chi connectivity index (χ2n) is 3.17. The molecule has 0 radical (unpaired) electrons. The molecule has 0 aliphatic heterocycles. The van der Waals surface area contributed by atoms with Crippen LogP contribution in [0.5, 0.6) is 0 Å². The quantitative estimate of drug-likeness (QED) is 0.789. The molecule has 2 aromatic rings. The summed E-state index contributed by atoms with van der Waals surface area (Å²) in [5, 5.41) is 2.69. The molecule has 0 spiro atoms. The molecule has 16 heavy (non-hydrogen) atoms. The summed E-state index contributed by atoms with van der Waals surface area (Å²) < 4.78 is 0. The molecule has 0 aliphatic rings. The highest BCUT2D eigenvalue weighted by atomic mass is 16.1. The number of rotatable bonds is 2. The zero-order valence-electron chi connectivity index (χ0n) is 8.42. The number of aromatic nitrogens is 2. The summed E-state index contributed by atoms with van der Waals surface area (Å²) >= 11 is 0. The van der Waals surface area contributed by atoms with E-state index in [1.807, 2.05) is 0 Å². The molecule has 0 bridgehead atoms. The van der Waals surface area contributed by atoms with Gasteiger partial charge in [-0.05, 0) is 24.3 Å². The van der Waals surface area contributed by atoms with Crippen molar-refractivity contribution >= 4 is 17.4 Å². The Morgan fingerprint density at radius 3 is 2.75 bits per heavy atom. The zero-order chi connectivity index (χ0) is 11.4. The fraction of sp³-hybridized carbons (Fsp3) is 0. The van der Waals surface area contributed by atoms with E-state index < -0.39 is 0 Å². The van der Waals surface area contributed by atoms with Crippen LogP contribution >= 0.6 is 0 Å². The maximum Gasteiger partial charge on any atom is 0.257 e. The highest BCUT2D eigenvalue weighted by Crippen LogP contribution is 2.08. The number of nitrogens with two attached hydrogens (primary N) is 1. The van der Waals surface area contributed by atoms with Crippen LogP contribution in [-0.4, -0.2) is 15.9 Å². The number of nitrogen functional groups attached to an aromatic ring is 1. The normalized spacial score (nSPS) is 9.75. The van der Waals surface area contributed by atoms with Crippen LogP contribution in [0.2, 0.25) is 0 Å². The number of nitrogens with zero attached hydrogens (tertiary/aromatic N) is 2. The van der Waals surface area contributed by atoms with Gasteiger partial charge in [-0.3, -0.25) is 9.78 Å². The van der Waals surface area contributed by atoms with E-state index in [4.69, 9.17) is 5.73 Å². The van der Waals surface area contributed by atoms with Crippen molar-refractivity contribution in [2.75, 3.05) is 11.1 Å². The van der Waals surface area contributed by atoms with Gasteiger partial charge in [-0.1, -0.05) is 0 Å². The Kier molecular flexibility index (Phi) is 2.77. The van der Waals surface area contributed by atoms with Gasteiger partial charge in [0.25, 0.3) is 5.91 Å². The molecule has 0 fully saturated rings. The Labute approximate surface area is 92.3 Å². The highest BCUT2D eigenvalue weighted by molar-refractivity contribution is 6.03. The third-order valence-corrected chi connectivity index (χ3v) is 1.97. The van der Waals surface area contributed by atoms with Crippen molar-refractivity contribution in [1.82, 2.24) is 9.97 Å². The minimum atomic E-state index is -0.223. The van der Waals surface area contributed by atoms with Gasteiger partial charge in [0.15, 0.2) is 0 Å². The zero-order valence-corrected chi connectivity index (χ0v) is 8.42. The summed E-state index contributed by atoms with van der Waals surface area (Å²) in [6.45, 7) is 0. The highest BCUT2D eigenvalue weighted by Gasteiger charge is 2.05. The summed E-state index contributed by atoms with van der Waals surface area (Å²) in [5.74, 6) is 0.194. The standard InChI is InChI=1S/C11H10N4O/c12-10-4-3-9(7-14-10)15-11(16)8-2-1-5-13-6-8/h1-7H,(H2,12,14)(H,15,16). The van der Waals surface area contributed by atoms with Gasteiger partial charge in [0.1, 0.15) is 5.82 Å². The van der Waals surface area contributed by atoms with Crippen LogP contribution in [0.3, 0.4) is 0 Å². The Balaban J connectivity index is 2.11. The Bertz CT molecular complexity index is 481. The molecule has 0 unspecified atom stereocenters. The Morgan fingerprint density at radius 2 is 2.12 bits per heavy atom. The number of carbonyl (C=O) groups is 1. The fourth-order valence-corrected chi connectivity index (χ4v) is 1.18. The lowest BCUT2D eigenvalue weighted by Gasteiger charge is -2.04. The van der Waals surface area contributed by atoms with Crippen molar-refractivity contribution in [2.45, 2.75) is 0 Å². The second kappa shape index (κ2) is 4.39. The van der Waals surface area contributed by atoms with Crippen molar-refractivity contribution < 1.29 is 4.79 Å². The van der Waals surface area contributed by atoms with E-state index in [9.17, 15) is 4.79 Å². The summed E-state index contributed by atoms with van der Waals surface area (Å²) in [5.41, 5.74) is 6.53. The topological polar surface area (TPSA) is 80.9 Å². The molecule has 2 heterocycles. The third kappa shape index (κ3) is 2.33.